The average molecular weight is 307 g/mol. The Morgan fingerprint density at radius 3 is 2.87 bits per heavy atom. The Morgan fingerprint density at radius 2 is 1.96 bits per heavy atom. The summed E-state index contributed by atoms with van der Waals surface area (Å²) in [6, 6.07) is 8.68. The van der Waals surface area contributed by atoms with Crippen molar-refractivity contribution in [3.05, 3.63) is 41.6 Å². The van der Waals surface area contributed by atoms with Crippen molar-refractivity contribution in [2.75, 3.05) is 16.8 Å². The highest BCUT2D eigenvalue weighted by Crippen LogP contribution is 2.31. The zero-order valence-corrected chi connectivity index (χ0v) is 12.5. The van der Waals surface area contributed by atoms with Crippen molar-refractivity contribution in [1.82, 2.24) is 19.9 Å². The highest BCUT2D eigenvalue weighted by molar-refractivity contribution is 5.85. The minimum absolute atomic E-state index is 0.114. The SMILES string of the molecule is Nc1nc(N)c2cnc(N[C@H]3CCCc4ccccc43)nc2n1. The van der Waals surface area contributed by atoms with Gasteiger partial charge in [0.05, 0.1) is 11.4 Å². The normalized spacial score (nSPS) is 17.0. The fourth-order valence-electron chi connectivity index (χ4n) is 3.09. The van der Waals surface area contributed by atoms with E-state index in [1.165, 1.54) is 11.1 Å². The number of rotatable bonds is 2. The molecule has 0 aliphatic heterocycles. The Morgan fingerprint density at radius 1 is 1.09 bits per heavy atom. The summed E-state index contributed by atoms with van der Waals surface area (Å²) < 4.78 is 0. The van der Waals surface area contributed by atoms with Crippen LogP contribution < -0.4 is 16.8 Å². The van der Waals surface area contributed by atoms with E-state index < -0.39 is 0 Å². The first-order valence-corrected chi connectivity index (χ1v) is 7.61. The second-order valence-electron chi connectivity index (χ2n) is 5.69. The van der Waals surface area contributed by atoms with E-state index in [0.717, 1.165) is 19.3 Å². The molecule has 23 heavy (non-hydrogen) atoms. The fourth-order valence-corrected chi connectivity index (χ4v) is 3.09. The second-order valence-corrected chi connectivity index (χ2v) is 5.69. The van der Waals surface area contributed by atoms with Crippen molar-refractivity contribution in [2.24, 2.45) is 0 Å². The van der Waals surface area contributed by atoms with E-state index in [0.29, 0.717) is 22.8 Å². The molecule has 116 valence electrons. The van der Waals surface area contributed by atoms with Crippen molar-refractivity contribution in [3.8, 4) is 0 Å². The third kappa shape index (κ3) is 2.50. The van der Waals surface area contributed by atoms with E-state index in [1.807, 2.05) is 0 Å². The topological polar surface area (TPSA) is 116 Å². The average Bonchev–Trinajstić information content (AvgIpc) is 2.55. The molecular weight excluding hydrogens is 290 g/mol. The smallest absolute Gasteiger partial charge is 0.225 e. The lowest BCUT2D eigenvalue weighted by molar-refractivity contribution is 0.597. The van der Waals surface area contributed by atoms with Gasteiger partial charge >= 0.3 is 0 Å². The van der Waals surface area contributed by atoms with Gasteiger partial charge in [-0.25, -0.2) is 4.98 Å². The van der Waals surface area contributed by atoms with Gasteiger partial charge in [-0.2, -0.15) is 15.0 Å². The lowest BCUT2D eigenvalue weighted by Crippen LogP contribution is -2.18. The quantitative estimate of drug-likeness (QED) is 0.663. The molecule has 7 nitrogen and oxygen atoms in total. The molecule has 1 aliphatic carbocycles. The molecule has 0 radical (unpaired) electrons. The van der Waals surface area contributed by atoms with E-state index in [9.17, 15) is 0 Å². The summed E-state index contributed by atoms with van der Waals surface area (Å²) in [5, 5.41) is 4.01. The molecule has 2 heterocycles. The van der Waals surface area contributed by atoms with Gasteiger partial charge in [-0.15, -0.1) is 0 Å². The minimum atomic E-state index is 0.114. The van der Waals surface area contributed by atoms with Gasteiger partial charge in [-0.1, -0.05) is 24.3 Å². The van der Waals surface area contributed by atoms with Crippen LogP contribution in [0.3, 0.4) is 0 Å². The number of nitrogen functional groups attached to an aromatic ring is 2. The van der Waals surface area contributed by atoms with Crippen LogP contribution in [-0.4, -0.2) is 19.9 Å². The molecule has 7 heteroatoms. The first kappa shape index (κ1) is 13.7. The molecule has 5 N–H and O–H groups in total. The molecule has 0 unspecified atom stereocenters. The van der Waals surface area contributed by atoms with Crippen molar-refractivity contribution in [2.45, 2.75) is 25.3 Å². The first-order valence-electron chi connectivity index (χ1n) is 7.61. The summed E-state index contributed by atoms with van der Waals surface area (Å²) in [7, 11) is 0. The molecule has 0 saturated carbocycles. The number of aryl methyl sites for hydroxylation is 1. The van der Waals surface area contributed by atoms with Crippen LogP contribution >= 0.6 is 0 Å². The predicted octanol–water partition coefficient (Wildman–Crippen LogP) is 2.07. The number of fused-ring (bicyclic) bond motifs is 2. The van der Waals surface area contributed by atoms with Crippen molar-refractivity contribution < 1.29 is 0 Å². The van der Waals surface area contributed by atoms with Gasteiger partial charge in [0.1, 0.15) is 5.82 Å². The van der Waals surface area contributed by atoms with Gasteiger partial charge < -0.3 is 16.8 Å². The van der Waals surface area contributed by atoms with Gasteiger partial charge in [0.15, 0.2) is 5.65 Å². The van der Waals surface area contributed by atoms with E-state index in [-0.39, 0.29) is 12.0 Å². The predicted molar refractivity (Wildman–Crippen MR) is 89.7 cm³/mol. The van der Waals surface area contributed by atoms with Crippen LogP contribution in [0.5, 0.6) is 0 Å². The van der Waals surface area contributed by atoms with Gasteiger partial charge in [0.25, 0.3) is 0 Å². The van der Waals surface area contributed by atoms with Crippen molar-refractivity contribution >= 4 is 28.7 Å². The van der Waals surface area contributed by atoms with Crippen LogP contribution in [-0.2, 0) is 6.42 Å². The number of aromatic nitrogens is 4. The molecule has 0 amide bonds. The van der Waals surface area contributed by atoms with Crippen molar-refractivity contribution in [3.63, 3.8) is 0 Å². The Bertz CT molecular complexity index is 877. The van der Waals surface area contributed by atoms with Crippen molar-refractivity contribution in [1.29, 1.82) is 0 Å². The van der Waals surface area contributed by atoms with Gasteiger partial charge in [-0.05, 0) is 30.4 Å². The largest absolute Gasteiger partial charge is 0.383 e. The lowest BCUT2D eigenvalue weighted by Gasteiger charge is -2.26. The Hall–Kier alpha value is -2.96. The number of nitrogens with one attached hydrogen (secondary N) is 1. The van der Waals surface area contributed by atoms with Gasteiger partial charge in [0, 0.05) is 6.20 Å². The van der Waals surface area contributed by atoms with E-state index in [2.05, 4.69) is 49.5 Å². The third-order valence-corrected chi connectivity index (χ3v) is 4.17. The number of hydrogen-bond acceptors (Lipinski definition) is 7. The van der Waals surface area contributed by atoms with Gasteiger partial charge in [-0.3, -0.25) is 0 Å². The summed E-state index contributed by atoms with van der Waals surface area (Å²) in [4.78, 5) is 16.8. The Kier molecular flexibility index (Phi) is 3.18. The molecule has 0 spiro atoms. The highest BCUT2D eigenvalue weighted by Gasteiger charge is 2.20. The zero-order chi connectivity index (χ0) is 15.8. The highest BCUT2D eigenvalue weighted by atomic mass is 15.2. The van der Waals surface area contributed by atoms with Crippen LogP contribution in [0.15, 0.2) is 30.5 Å². The number of hydrogen-bond donors (Lipinski definition) is 3. The van der Waals surface area contributed by atoms with E-state index in [1.54, 1.807) is 6.20 Å². The van der Waals surface area contributed by atoms with E-state index >= 15 is 0 Å². The summed E-state index contributed by atoms with van der Waals surface area (Å²) in [5.41, 5.74) is 14.6. The van der Waals surface area contributed by atoms with Crippen LogP contribution in [0.25, 0.3) is 11.0 Å². The summed E-state index contributed by atoms with van der Waals surface area (Å²) in [6.45, 7) is 0. The lowest BCUT2D eigenvalue weighted by atomic mass is 9.88. The number of nitrogens with two attached hydrogens (primary N) is 2. The van der Waals surface area contributed by atoms with Crippen LogP contribution in [0, 0.1) is 0 Å². The first-order chi connectivity index (χ1) is 11.2. The summed E-state index contributed by atoms with van der Waals surface area (Å²) >= 11 is 0. The van der Waals surface area contributed by atoms with Crippen LogP contribution in [0.2, 0.25) is 0 Å². The maximum Gasteiger partial charge on any atom is 0.225 e. The zero-order valence-electron chi connectivity index (χ0n) is 12.5. The molecular formula is C16H17N7. The molecule has 1 aliphatic rings. The molecule has 1 aromatic carbocycles. The van der Waals surface area contributed by atoms with E-state index in [4.69, 9.17) is 11.5 Å². The Balaban J connectivity index is 1.69. The number of nitrogens with zero attached hydrogens (tertiary/aromatic N) is 4. The maximum absolute atomic E-state index is 5.82. The Labute approximate surface area is 133 Å². The number of anilines is 3. The minimum Gasteiger partial charge on any atom is -0.383 e. The molecule has 0 bridgehead atoms. The second kappa shape index (κ2) is 5.35. The van der Waals surface area contributed by atoms with Gasteiger partial charge in [0.2, 0.25) is 11.9 Å². The standard InChI is InChI=1S/C16H17N7/c17-13-11-8-19-16(23-14(11)22-15(18)21-13)20-12-7-3-5-9-4-1-2-6-10(9)12/h1-2,4,6,8,12H,3,5,7H2,(H5,17,18,19,20,21,22,23)/t12-/m0/s1. The fraction of sp³-hybridized carbons (Fsp3) is 0.250. The third-order valence-electron chi connectivity index (χ3n) is 4.17. The molecule has 4 rings (SSSR count). The summed E-state index contributed by atoms with van der Waals surface area (Å²) in [6.07, 6.45) is 4.94. The maximum atomic E-state index is 5.82. The molecule has 1 atom stereocenters. The molecule has 0 saturated heterocycles. The van der Waals surface area contributed by atoms with Crippen LogP contribution in [0.1, 0.15) is 30.0 Å². The molecule has 0 fully saturated rings. The molecule has 3 aromatic rings. The summed E-state index contributed by atoms with van der Waals surface area (Å²) in [5.74, 6) is 0.932. The molecule has 2 aromatic heterocycles. The number of benzene rings is 1. The van der Waals surface area contributed by atoms with Crippen LogP contribution in [0.4, 0.5) is 17.7 Å². The monoisotopic (exact) mass is 307 g/mol.